The summed E-state index contributed by atoms with van der Waals surface area (Å²) in [5.74, 6) is 1.22. The van der Waals surface area contributed by atoms with E-state index in [0.717, 1.165) is 44.5 Å². The van der Waals surface area contributed by atoms with Crippen molar-refractivity contribution in [3.8, 4) is 0 Å². The molecule has 1 aromatic heterocycles. The minimum Gasteiger partial charge on any atom is -0.459 e. The number of hydrogen-bond acceptors (Lipinski definition) is 4. The second kappa shape index (κ2) is 10.4. The third-order valence-electron chi connectivity index (χ3n) is 6.02. The molecule has 1 atom stereocenters. The predicted molar refractivity (Wildman–Crippen MR) is 122 cm³/mol. The molecular weight excluding hydrogens is 409 g/mol. The number of furan rings is 1. The molecule has 1 amide bonds. The van der Waals surface area contributed by atoms with Crippen molar-refractivity contribution in [2.24, 2.45) is 5.92 Å². The van der Waals surface area contributed by atoms with Gasteiger partial charge in [-0.3, -0.25) is 4.79 Å². The highest BCUT2D eigenvalue weighted by Crippen LogP contribution is 2.34. The number of rotatable bonds is 5. The van der Waals surface area contributed by atoms with Crippen LogP contribution in [0.2, 0.25) is 0 Å². The Kier molecular flexibility index (Phi) is 8.44. The van der Waals surface area contributed by atoms with Crippen molar-refractivity contribution >= 4 is 36.4 Å². The molecular formula is C22H31Cl2N3O2. The SMILES string of the molecule is CNCC1CCN(C(=O)c2occc2CN2c3ccccc3CC2C)CC1.Cl.Cl. The second-order valence-corrected chi connectivity index (χ2v) is 7.88. The van der Waals surface area contributed by atoms with E-state index in [1.54, 1.807) is 6.26 Å². The Hall–Kier alpha value is -1.69. The number of likely N-dealkylation sites (tertiary alicyclic amines) is 1. The summed E-state index contributed by atoms with van der Waals surface area (Å²) < 4.78 is 5.66. The molecule has 1 saturated heterocycles. The van der Waals surface area contributed by atoms with Crippen molar-refractivity contribution in [2.45, 2.75) is 38.8 Å². The fourth-order valence-corrected chi connectivity index (χ4v) is 4.47. The highest BCUT2D eigenvalue weighted by atomic mass is 35.5. The first-order valence-corrected chi connectivity index (χ1v) is 10.0. The number of nitrogens with one attached hydrogen (secondary N) is 1. The van der Waals surface area contributed by atoms with Gasteiger partial charge in [-0.2, -0.15) is 0 Å². The molecule has 4 rings (SSSR count). The molecule has 7 heteroatoms. The first-order chi connectivity index (χ1) is 13.2. The number of piperidine rings is 1. The summed E-state index contributed by atoms with van der Waals surface area (Å²) >= 11 is 0. The summed E-state index contributed by atoms with van der Waals surface area (Å²) in [4.78, 5) is 17.4. The molecule has 0 spiro atoms. The van der Waals surface area contributed by atoms with Gasteiger partial charge in [0, 0.05) is 36.9 Å². The van der Waals surface area contributed by atoms with Crippen LogP contribution in [0.5, 0.6) is 0 Å². The van der Waals surface area contributed by atoms with E-state index >= 15 is 0 Å². The van der Waals surface area contributed by atoms with Crippen LogP contribution in [0.3, 0.4) is 0 Å². The first kappa shape index (κ1) is 23.6. The van der Waals surface area contributed by atoms with E-state index in [2.05, 4.69) is 41.4 Å². The molecule has 0 saturated carbocycles. The zero-order chi connectivity index (χ0) is 18.8. The summed E-state index contributed by atoms with van der Waals surface area (Å²) in [5, 5.41) is 3.24. The fourth-order valence-electron chi connectivity index (χ4n) is 4.47. The largest absolute Gasteiger partial charge is 0.459 e. The van der Waals surface area contributed by atoms with Crippen LogP contribution in [0.25, 0.3) is 0 Å². The molecule has 1 aromatic carbocycles. The number of amides is 1. The maximum Gasteiger partial charge on any atom is 0.289 e. The van der Waals surface area contributed by atoms with E-state index in [-0.39, 0.29) is 30.7 Å². The summed E-state index contributed by atoms with van der Waals surface area (Å²) in [6.45, 7) is 5.61. The molecule has 5 nitrogen and oxygen atoms in total. The van der Waals surface area contributed by atoms with Crippen LogP contribution in [0.4, 0.5) is 5.69 Å². The second-order valence-electron chi connectivity index (χ2n) is 7.88. The number of benzene rings is 1. The number of nitrogens with zero attached hydrogens (tertiary/aromatic N) is 2. The van der Waals surface area contributed by atoms with Gasteiger partial charge in [-0.25, -0.2) is 0 Å². The Bertz CT molecular complexity index is 803. The van der Waals surface area contributed by atoms with Gasteiger partial charge in [0.2, 0.25) is 0 Å². The standard InChI is InChI=1S/C22H29N3O2.2ClH/c1-16-13-18-5-3-4-6-20(18)25(16)15-19-9-12-27-21(19)22(26)24-10-7-17(8-11-24)14-23-2;;/h3-6,9,12,16-17,23H,7-8,10-11,13-15H2,1-2H3;2*1H. The summed E-state index contributed by atoms with van der Waals surface area (Å²) in [6.07, 6.45) is 4.82. The predicted octanol–water partition coefficient (Wildman–Crippen LogP) is 4.15. The smallest absolute Gasteiger partial charge is 0.289 e. The zero-order valence-corrected chi connectivity index (χ0v) is 18.7. The molecule has 2 aliphatic heterocycles. The van der Waals surface area contributed by atoms with Crippen molar-refractivity contribution in [3.05, 3.63) is 53.5 Å². The number of anilines is 1. The highest BCUT2D eigenvalue weighted by molar-refractivity contribution is 5.93. The van der Waals surface area contributed by atoms with Crippen LogP contribution in [0.15, 0.2) is 41.0 Å². The normalized spacial score (nSPS) is 18.8. The minimum absolute atomic E-state index is 0. The van der Waals surface area contributed by atoms with Gasteiger partial charge in [-0.05, 0) is 63.4 Å². The first-order valence-electron chi connectivity index (χ1n) is 10.0. The molecule has 1 unspecified atom stereocenters. The van der Waals surface area contributed by atoms with Crippen molar-refractivity contribution in [3.63, 3.8) is 0 Å². The number of halogens is 2. The van der Waals surface area contributed by atoms with Gasteiger partial charge >= 0.3 is 0 Å². The summed E-state index contributed by atoms with van der Waals surface area (Å²) in [7, 11) is 1.99. The topological polar surface area (TPSA) is 48.7 Å². The average Bonchev–Trinajstić information content (AvgIpc) is 3.27. The van der Waals surface area contributed by atoms with E-state index in [4.69, 9.17) is 4.42 Å². The van der Waals surface area contributed by atoms with Crippen LogP contribution in [0, 0.1) is 5.92 Å². The Balaban J connectivity index is 0.00000150. The summed E-state index contributed by atoms with van der Waals surface area (Å²) in [5.41, 5.74) is 3.64. The third kappa shape index (κ3) is 4.90. The van der Waals surface area contributed by atoms with Crippen molar-refractivity contribution in [1.29, 1.82) is 0 Å². The third-order valence-corrected chi connectivity index (χ3v) is 6.02. The van der Waals surface area contributed by atoms with E-state index < -0.39 is 0 Å². The van der Waals surface area contributed by atoms with E-state index in [0.29, 0.717) is 24.3 Å². The maximum absolute atomic E-state index is 13.0. The number of carbonyl (C=O) groups excluding carboxylic acids is 1. The number of fused-ring (bicyclic) bond motifs is 1. The maximum atomic E-state index is 13.0. The monoisotopic (exact) mass is 439 g/mol. The van der Waals surface area contributed by atoms with Crippen LogP contribution >= 0.6 is 24.8 Å². The lowest BCUT2D eigenvalue weighted by Gasteiger charge is -2.32. The molecule has 0 radical (unpaired) electrons. The van der Waals surface area contributed by atoms with Gasteiger partial charge in [0.1, 0.15) is 0 Å². The molecule has 0 aliphatic carbocycles. The summed E-state index contributed by atoms with van der Waals surface area (Å²) in [6, 6.07) is 10.9. The fraction of sp³-hybridized carbons (Fsp3) is 0.500. The highest BCUT2D eigenvalue weighted by Gasteiger charge is 2.30. The Morgan fingerprint density at radius 2 is 1.90 bits per heavy atom. The Morgan fingerprint density at radius 3 is 2.62 bits per heavy atom. The quantitative estimate of drug-likeness (QED) is 0.759. The van der Waals surface area contributed by atoms with Crippen LogP contribution in [-0.2, 0) is 13.0 Å². The molecule has 0 bridgehead atoms. The average molecular weight is 440 g/mol. The van der Waals surface area contributed by atoms with Crippen molar-refractivity contribution in [2.75, 3.05) is 31.6 Å². The van der Waals surface area contributed by atoms with Crippen LogP contribution < -0.4 is 10.2 Å². The lowest BCUT2D eigenvalue weighted by molar-refractivity contribution is 0.0657. The number of carbonyl (C=O) groups is 1. The van der Waals surface area contributed by atoms with E-state index in [1.807, 2.05) is 18.0 Å². The van der Waals surface area contributed by atoms with Gasteiger partial charge in [-0.15, -0.1) is 24.8 Å². The van der Waals surface area contributed by atoms with Crippen LogP contribution in [-0.4, -0.2) is 43.5 Å². The van der Waals surface area contributed by atoms with Crippen molar-refractivity contribution in [1.82, 2.24) is 10.2 Å². The van der Waals surface area contributed by atoms with Gasteiger partial charge in [0.25, 0.3) is 5.91 Å². The van der Waals surface area contributed by atoms with E-state index in [1.165, 1.54) is 11.3 Å². The molecule has 2 aromatic rings. The van der Waals surface area contributed by atoms with Crippen LogP contribution in [0.1, 0.15) is 41.4 Å². The van der Waals surface area contributed by atoms with Gasteiger partial charge in [0.15, 0.2) is 5.76 Å². The van der Waals surface area contributed by atoms with Gasteiger partial charge in [0.05, 0.1) is 6.26 Å². The number of hydrogen-bond donors (Lipinski definition) is 1. The van der Waals surface area contributed by atoms with E-state index in [9.17, 15) is 4.79 Å². The zero-order valence-electron chi connectivity index (χ0n) is 17.1. The minimum atomic E-state index is 0. The Labute approximate surface area is 185 Å². The molecule has 3 heterocycles. The molecule has 160 valence electrons. The lowest BCUT2D eigenvalue weighted by Crippen LogP contribution is -2.40. The molecule has 2 aliphatic rings. The number of para-hydroxylation sites is 1. The molecule has 1 fully saturated rings. The van der Waals surface area contributed by atoms with Gasteiger partial charge in [-0.1, -0.05) is 18.2 Å². The van der Waals surface area contributed by atoms with Gasteiger partial charge < -0.3 is 19.5 Å². The Morgan fingerprint density at radius 1 is 1.17 bits per heavy atom. The molecule has 1 N–H and O–H groups in total. The van der Waals surface area contributed by atoms with Crippen molar-refractivity contribution < 1.29 is 9.21 Å². The lowest BCUT2D eigenvalue weighted by atomic mass is 9.96. The molecule has 29 heavy (non-hydrogen) atoms.